The van der Waals surface area contributed by atoms with Crippen LogP contribution in [0.3, 0.4) is 0 Å². The van der Waals surface area contributed by atoms with Gasteiger partial charge in [0.05, 0.1) is 13.1 Å². The summed E-state index contributed by atoms with van der Waals surface area (Å²) >= 11 is 0. The van der Waals surface area contributed by atoms with Crippen molar-refractivity contribution in [1.29, 1.82) is 0 Å². The Hall–Kier alpha value is -7.79. The molecule has 24 heteroatoms. The predicted octanol–water partition coefficient (Wildman–Crippen LogP) is 0.115. The quantitative estimate of drug-likeness (QED) is 0.174. The van der Waals surface area contributed by atoms with Gasteiger partial charge >= 0.3 is 0 Å². The molecule has 0 aromatic heterocycles. The number of hydrogen-bond acceptors (Lipinski definition) is 13. The maximum atomic E-state index is 14.6. The SMILES string of the molecule is CC(C)C[C@@H]1NC(=O)[C@H](CC(C)C)NC(=O)[C@@H]2CCCN2C(=O)[C@@H]2CCCN2C(=O)[C@@H]2CCCN2C(=O)CNC(=O)[C@H](Cc2ccc(O)cc2)NC(=O)[C@H](Cc2ccc(O)cc2)NC(=O)[C@@H]2CCCN2C(=O)[C@@H]2CCCN2C(=O)CNC1=O. The maximum Gasteiger partial charge on any atom is 0.246 e. The molecule has 0 radical (unpaired) electrons. The Balaban J connectivity index is 1.09. The third-order valence-corrected chi connectivity index (χ3v) is 16.7. The molecule has 450 valence electrons. The summed E-state index contributed by atoms with van der Waals surface area (Å²) in [5.74, 6) is -6.86. The topological polar surface area (TPSA) is 317 Å². The molecule has 0 bridgehead atoms. The van der Waals surface area contributed by atoms with E-state index in [1.54, 1.807) is 24.3 Å². The van der Waals surface area contributed by atoms with Crippen molar-refractivity contribution in [3.8, 4) is 11.5 Å². The van der Waals surface area contributed by atoms with E-state index in [4.69, 9.17) is 0 Å². The highest BCUT2D eigenvalue weighted by molar-refractivity contribution is 6.00. The number of phenolic OH excluding ortho intramolecular Hbond substituents is 2. The fourth-order valence-electron chi connectivity index (χ4n) is 12.5. The fourth-order valence-corrected chi connectivity index (χ4v) is 12.5. The zero-order chi connectivity index (χ0) is 59.6. The number of nitrogens with zero attached hydrogens (tertiary/aromatic N) is 5. The molecule has 0 spiro atoms. The first-order chi connectivity index (χ1) is 39.7. The number of fused-ring (bicyclic) bond motifs is 5. The van der Waals surface area contributed by atoms with E-state index in [1.165, 1.54) is 48.8 Å². The molecule has 6 fully saturated rings. The summed E-state index contributed by atoms with van der Waals surface area (Å²) in [5, 5.41) is 36.7. The first-order valence-corrected chi connectivity index (χ1v) is 29.5. The number of carbonyl (C=O) groups excluding carboxylic acids is 11. The molecule has 8 N–H and O–H groups in total. The van der Waals surface area contributed by atoms with E-state index in [2.05, 4.69) is 31.9 Å². The molecule has 6 saturated heterocycles. The molecule has 0 saturated carbocycles. The van der Waals surface area contributed by atoms with Crippen molar-refractivity contribution in [1.82, 2.24) is 56.4 Å². The summed E-state index contributed by atoms with van der Waals surface area (Å²) in [6, 6.07) is 2.08. The number of amides is 11. The van der Waals surface area contributed by atoms with Gasteiger partial charge in [-0.2, -0.15) is 0 Å². The Bertz CT molecular complexity index is 2760. The summed E-state index contributed by atoms with van der Waals surface area (Å²) in [5.41, 5.74) is 1.05. The van der Waals surface area contributed by atoms with Crippen LogP contribution < -0.4 is 31.9 Å². The molecule has 2 aromatic carbocycles. The molecule has 24 nitrogen and oxygen atoms in total. The molecule has 83 heavy (non-hydrogen) atoms. The van der Waals surface area contributed by atoms with Gasteiger partial charge in [-0.1, -0.05) is 52.0 Å². The van der Waals surface area contributed by atoms with Crippen LogP contribution in [0.1, 0.15) is 116 Å². The van der Waals surface area contributed by atoms with Crippen molar-refractivity contribution in [3.05, 3.63) is 59.7 Å². The minimum atomic E-state index is -1.36. The van der Waals surface area contributed by atoms with E-state index < -0.39 is 132 Å². The van der Waals surface area contributed by atoms with Crippen LogP contribution in [0, 0.1) is 11.8 Å². The van der Waals surface area contributed by atoms with Gasteiger partial charge in [0.25, 0.3) is 0 Å². The standard InChI is InChI=1S/C59H81N11O13/c1-34(2)28-40-51(75)60-32-49(73)66-23-7-12-46(66)57(81)68-25-5-11-45(68)56(80)65-43(31-37-17-21-39(72)22-18-37)54(78)63-42(30-36-15-19-38(71)20-16-36)52(76)61-33-50(74)67-24-8-13-47(67)58(82)70-27-9-14-48(70)59(83)69-26-6-10-44(69)55(79)64-41(29-35(3)4)53(77)62-40/h15-22,34-35,40-48,71-72H,5-14,23-33H2,1-4H3,(H,60,75)(H,61,76)(H,62,77)(H,63,78)(H,64,79)(H,65,80)/t40-,41-,42-,43-,44-,45-,46-,47-,48-/m0/s1. The minimum Gasteiger partial charge on any atom is -0.508 e. The van der Waals surface area contributed by atoms with Gasteiger partial charge in [0.2, 0.25) is 65.0 Å². The van der Waals surface area contributed by atoms with Gasteiger partial charge in [-0.3, -0.25) is 52.7 Å². The van der Waals surface area contributed by atoms with Gasteiger partial charge in [0.1, 0.15) is 65.9 Å². The second kappa shape index (κ2) is 27.5. The van der Waals surface area contributed by atoms with Gasteiger partial charge in [-0.25, -0.2) is 0 Å². The van der Waals surface area contributed by atoms with Crippen LogP contribution in [0.4, 0.5) is 0 Å². The van der Waals surface area contributed by atoms with E-state index in [-0.39, 0.29) is 94.6 Å². The summed E-state index contributed by atoms with van der Waals surface area (Å²) in [7, 11) is 0. The van der Waals surface area contributed by atoms with Crippen LogP contribution in [-0.4, -0.2) is 200 Å². The Kier molecular flexibility index (Phi) is 20.3. The van der Waals surface area contributed by atoms with Crippen molar-refractivity contribution in [2.24, 2.45) is 11.8 Å². The van der Waals surface area contributed by atoms with E-state index in [1.807, 2.05) is 27.7 Å². The monoisotopic (exact) mass is 1150 g/mol. The summed E-state index contributed by atoms with van der Waals surface area (Å²) in [4.78, 5) is 165. The van der Waals surface area contributed by atoms with Crippen LogP contribution in [0.2, 0.25) is 0 Å². The maximum absolute atomic E-state index is 14.6. The second-order valence-electron chi connectivity index (χ2n) is 23.7. The van der Waals surface area contributed by atoms with Crippen LogP contribution in [0.5, 0.6) is 11.5 Å². The van der Waals surface area contributed by atoms with Crippen LogP contribution in [0.25, 0.3) is 0 Å². The zero-order valence-corrected chi connectivity index (χ0v) is 47.9. The molecule has 6 aliphatic rings. The number of nitrogens with one attached hydrogen (secondary N) is 6. The smallest absolute Gasteiger partial charge is 0.246 e. The fraction of sp³-hybridized carbons (Fsp3) is 0.610. The zero-order valence-electron chi connectivity index (χ0n) is 47.9. The lowest BCUT2D eigenvalue weighted by molar-refractivity contribution is -0.150. The Morgan fingerprint density at radius 1 is 0.386 bits per heavy atom. The average Bonchev–Trinajstić information content (AvgIpc) is 4.49. The minimum absolute atomic E-state index is 0.0437. The number of carbonyl (C=O) groups is 11. The molecule has 6 heterocycles. The largest absolute Gasteiger partial charge is 0.508 e. The van der Waals surface area contributed by atoms with Gasteiger partial charge in [0, 0.05) is 45.6 Å². The van der Waals surface area contributed by atoms with Crippen LogP contribution in [0.15, 0.2) is 48.5 Å². The number of phenols is 2. The molecule has 11 amide bonds. The molecule has 8 rings (SSSR count). The Morgan fingerprint density at radius 2 is 0.675 bits per heavy atom. The molecular weight excluding hydrogens is 1070 g/mol. The van der Waals surface area contributed by atoms with E-state index >= 15 is 0 Å². The van der Waals surface area contributed by atoms with Gasteiger partial charge < -0.3 is 66.6 Å². The Morgan fingerprint density at radius 3 is 1.08 bits per heavy atom. The van der Waals surface area contributed by atoms with Crippen molar-refractivity contribution in [2.45, 2.75) is 172 Å². The number of benzene rings is 2. The van der Waals surface area contributed by atoms with Crippen molar-refractivity contribution >= 4 is 65.0 Å². The third-order valence-electron chi connectivity index (χ3n) is 16.7. The molecule has 2 aromatic rings. The normalized spacial score (nSPS) is 28.0. The van der Waals surface area contributed by atoms with Crippen molar-refractivity contribution < 1.29 is 63.0 Å². The van der Waals surface area contributed by atoms with Crippen molar-refractivity contribution in [2.75, 3.05) is 45.8 Å². The van der Waals surface area contributed by atoms with Crippen LogP contribution in [-0.2, 0) is 65.6 Å². The first-order valence-electron chi connectivity index (χ1n) is 29.5. The summed E-state index contributed by atoms with van der Waals surface area (Å²) < 4.78 is 0. The van der Waals surface area contributed by atoms with E-state index in [9.17, 15) is 63.0 Å². The Labute approximate surface area is 483 Å². The number of rotatable bonds is 8. The first kappa shape index (κ1) is 61.3. The average molecular weight is 1150 g/mol. The lowest BCUT2D eigenvalue weighted by Crippen LogP contribution is -2.59. The third kappa shape index (κ3) is 15.1. The number of aromatic hydroxyl groups is 2. The lowest BCUT2D eigenvalue weighted by atomic mass is 9.99. The highest BCUT2D eigenvalue weighted by Gasteiger charge is 2.47. The lowest BCUT2D eigenvalue weighted by Gasteiger charge is -2.34. The van der Waals surface area contributed by atoms with E-state index in [0.29, 0.717) is 62.5 Å². The molecule has 0 aliphatic carbocycles. The number of hydrogen-bond donors (Lipinski definition) is 8. The predicted molar refractivity (Wildman–Crippen MR) is 300 cm³/mol. The van der Waals surface area contributed by atoms with Gasteiger partial charge in [-0.15, -0.1) is 0 Å². The highest BCUT2D eigenvalue weighted by atomic mass is 16.3. The highest BCUT2D eigenvalue weighted by Crippen LogP contribution is 2.30. The molecule has 0 unspecified atom stereocenters. The molecular formula is C59H81N11O13. The van der Waals surface area contributed by atoms with Crippen molar-refractivity contribution in [3.63, 3.8) is 0 Å². The summed E-state index contributed by atoms with van der Waals surface area (Å²) in [6.07, 6.45) is 3.87. The van der Waals surface area contributed by atoms with Gasteiger partial charge in [-0.05, 0) is 124 Å². The van der Waals surface area contributed by atoms with Gasteiger partial charge in [0.15, 0.2) is 0 Å². The summed E-state index contributed by atoms with van der Waals surface area (Å²) in [6.45, 7) is 7.43. The van der Waals surface area contributed by atoms with Crippen LogP contribution >= 0.6 is 0 Å². The van der Waals surface area contributed by atoms with E-state index in [0.717, 1.165) is 0 Å². The second-order valence-corrected chi connectivity index (χ2v) is 23.7. The molecule has 6 aliphatic heterocycles. The molecule has 9 atom stereocenters.